The van der Waals surface area contributed by atoms with E-state index >= 15 is 0 Å². The van der Waals surface area contributed by atoms with Crippen LogP contribution in [0, 0.1) is 0 Å². The van der Waals surface area contributed by atoms with E-state index in [2.05, 4.69) is 15.7 Å². The first-order chi connectivity index (χ1) is 11.1. The predicted molar refractivity (Wildman–Crippen MR) is 86.8 cm³/mol. The Labute approximate surface area is 138 Å². The minimum Gasteiger partial charge on any atom is -0.450 e. The number of halogens is 1. The number of carbonyl (C=O) groups is 2. The van der Waals surface area contributed by atoms with Crippen molar-refractivity contribution in [2.45, 2.75) is 13.3 Å². The van der Waals surface area contributed by atoms with Crippen LogP contribution in [0.2, 0.25) is 5.02 Å². The highest BCUT2D eigenvalue weighted by molar-refractivity contribution is 6.30. The van der Waals surface area contributed by atoms with E-state index in [0.29, 0.717) is 10.8 Å². The van der Waals surface area contributed by atoms with Gasteiger partial charge in [-0.15, -0.1) is 0 Å². The summed E-state index contributed by atoms with van der Waals surface area (Å²) in [6.07, 6.45) is 1.16. The summed E-state index contributed by atoms with van der Waals surface area (Å²) < 4.78 is 6.28. The Morgan fingerprint density at radius 2 is 2.17 bits per heavy atom. The van der Waals surface area contributed by atoms with Crippen LogP contribution < -0.4 is 10.6 Å². The van der Waals surface area contributed by atoms with Gasteiger partial charge in [-0.1, -0.05) is 17.7 Å². The molecule has 1 heterocycles. The molecule has 2 aromatic rings. The molecule has 0 atom stereocenters. The fourth-order valence-electron chi connectivity index (χ4n) is 1.88. The number of hydrogen-bond acceptors (Lipinski definition) is 4. The Morgan fingerprint density at radius 3 is 2.91 bits per heavy atom. The van der Waals surface area contributed by atoms with Crippen molar-refractivity contribution in [3.63, 3.8) is 0 Å². The molecule has 0 radical (unpaired) electrons. The van der Waals surface area contributed by atoms with Crippen molar-refractivity contribution in [2.75, 3.05) is 18.5 Å². The third kappa shape index (κ3) is 5.00. The van der Waals surface area contributed by atoms with E-state index in [0.717, 1.165) is 5.69 Å². The zero-order valence-corrected chi connectivity index (χ0v) is 13.3. The second-order valence-electron chi connectivity index (χ2n) is 4.55. The second-order valence-corrected chi connectivity index (χ2v) is 4.99. The number of rotatable bonds is 6. The number of aromatic nitrogens is 2. The number of hydrogen-bond donors (Lipinski definition) is 2. The lowest BCUT2D eigenvalue weighted by Gasteiger charge is -2.09. The van der Waals surface area contributed by atoms with Crippen LogP contribution in [0.5, 0.6) is 0 Å². The van der Waals surface area contributed by atoms with Gasteiger partial charge in [0.2, 0.25) is 5.91 Å². The van der Waals surface area contributed by atoms with Gasteiger partial charge in [0.05, 0.1) is 18.5 Å². The van der Waals surface area contributed by atoms with E-state index in [1.165, 1.54) is 0 Å². The van der Waals surface area contributed by atoms with Crippen molar-refractivity contribution in [3.05, 3.63) is 41.6 Å². The molecule has 0 aliphatic rings. The van der Waals surface area contributed by atoms with E-state index in [4.69, 9.17) is 16.3 Å². The van der Waals surface area contributed by atoms with Gasteiger partial charge in [0, 0.05) is 24.1 Å². The van der Waals surface area contributed by atoms with Gasteiger partial charge in [-0.25, -0.2) is 9.48 Å². The predicted octanol–water partition coefficient (Wildman–Crippen LogP) is 2.60. The number of ether oxygens (including phenoxy) is 1. The Hall–Kier alpha value is -2.54. The molecule has 2 rings (SSSR count). The normalized spacial score (nSPS) is 10.2. The molecular formula is C15H17ClN4O3. The van der Waals surface area contributed by atoms with Gasteiger partial charge in [-0.2, -0.15) is 5.10 Å². The summed E-state index contributed by atoms with van der Waals surface area (Å²) in [5.41, 5.74) is 0.738. The standard InChI is InChI=1S/C15H17ClN4O3/c1-2-23-15(22)17-8-7-14(21)19-13-6-9-18-20(13)12-5-3-4-11(16)10-12/h3-6,9-10H,2,7-8H2,1H3,(H,17,22)(H,19,21). The topological polar surface area (TPSA) is 85.2 Å². The molecule has 8 heteroatoms. The van der Waals surface area contributed by atoms with Crippen LogP contribution >= 0.6 is 11.6 Å². The van der Waals surface area contributed by atoms with Crippen LogP contribution in [0.3, 0.4) is 0 Å². The number of anilines is 1. The van der Waals surface area contributed by atoms with Crippen molar-refractivity contribution in [2.24, 2.45) is 0 Å². The fourth-order valence-corrected chi connectivity index (χ4v) is 2.06. The summed E-state index contributed by atoms with van der Waals surface area (Å²) in [4.78, 5) is 23.1. The van der Waals surface area contributed by atoms with Crippen LogP contribution in [0.1, 0.15) is 13.3 Å². The maximum Gasteiger partial charge on any atom is 0.407 e. The summed E-state index contributed by atoms with van der Waals surface area (Å²) in [6, 6.07) is 8.81. The van der Waals surface area contributed by atoms with Crippen molar-refractivity contribution in [1.82, 2.24) is 15.1 Å². The van der Waals surface area contributed by atoms with Gasteiger partial charge in [0.25, 0.3) is 0 Å². The molecule has 0 aliphatic heterocycles. The summed E-state index contributed by atoms with van der Waals surface area (Å²) in [5, 5.41) is 9.97. The SMILES string of the molecule is CCOC(=O)NCCC(=O)Nc1ccnn1-c1cccc(Cl)c1. The molecule has 1 aromatic carbocycles. The highest BCUT2D eigenvalue weighted by Gasteiger charge is 2.10. The Balaban J connectivity index is 1.92. The van der Waals surface area contributed by atoms with Crippen LogP contribution in [0.25, 0.3) is 5.69 Å². The molecule has 23 heavy (non-hydrogen) atoms. The minimum atomic E-state index is -0.538. The molecule has 0 fully saturated rings. The third-order valence-electron chi connectivity index (χ3n) is 2.86. The van der Waals surface area contributed by atoms with Gasteiger partial charge in [-0.3, -0.25) is 4.79 Å². The molecule has 7 nitrogen and oxygen atoms in total. The van der Waals surface area contributed by atoms with Crippen molar-refractivity contribution < 1.29 is 14.3 Å². The number of nitrogens with one attached hydrogen (secondary N) is 2. The first-order valence-corrected chi connectivity index (χ1v) is 7.48. The maximum absolute atomic E-state index is 11.9. The summed E-state index contributed by atoms with van der Waals surface area (Å²) in [5.74, 6) is 0.277. The van der Waals surface area contributed by atoms with E-state index in [9.17, 15) is 9.59 Å². The third-order valence-corrected chi connectivity index (χ3v) is 3.09. The molecule has 1 aromatic heterocycles. The zero-order valence-electron chi connectivity index (χ0n) is 12.6. The summed E-state index contributed by atoms with van der Waals surface area (Å²) in [7, 11) is 0. The lowest BCUT2D eigenvalue weighted by molar-refractivity contribution is -0.116. The molecule has 0 aliphatic carbocycles. The number of carbonyl (C=O) groups excluding carboxylic acids is 2. The zero-order chi connectivity index (χ0) is 16.7. The number of alkyl carbamates (subject to hydrolysis) is 1. The van der Waals surface area contributed by atoms with E-state index in [1.807, 2.05) is 6.07 Å². The van der Waals surface area contributed by atoms with E-state index in [-0.39, 0.29) is 25.5 Å². The highest BCUT2D eigenvalue weighted by atomic mass is 35.5. The number of benzene rings is 1. The van der Waals surface area contributed by atoms with Crippen LogP contribution in [0.4, 0.5) is 10.6 Å². The molecule has 0 unspecified atom stereocenters. The number of amides is 2. The lowest BCUT2D eigenvalue weighted by atomic mass is 10.3. The Kier molecular flexibility index (Phi) is 5.99. The molecule has 0 saturated heterocycles. The summed E-state index contributed by atoms with van der Waals surface area (Å²) >= 11 is 5.96. The molecular weight excluding hydrogens is 320 g/mol. The van der Waals surface area contributed by atoms with Gasteiger partial charge in [0.15, 0.2) is 0 Å². The Bertz CT molecular complexity index is 687. The minimum absolute atomic E-state index is 0.125. The average Bonchev–Trinajstić information content (AvgIpc) is 2.95. The molecule has 0 spiro atoms. The number of nitrogens with zero attached hydrogens (tertiary/aromatic N) is 2. The Morgan fingerprint density at radius 1 is 1.35 bits per heavy atom. The second kappa shape index (κ2) is 8.19. The van der Waals surface area contributed by atoms with Gasteiger partial charge in [0.1, 0.15) is 5.82 Å². The van der Waals surface area contributed by atoms with Crippen molar-refractivity contribution in [1.29, 1.82) is 0 Å². The lowest BCUT2D eigenvalue weighted by Crippen LogP contribution is -2.28. The maximum atomic E-state index is 11.9. The van der Waals surface area contributed by atoms with Gasteiger partial charge < -0.3 is 15.4 Å². The first-order valence-electron chi connectivity index (χ1n) is 7.10. The fraction of sp³-hybridized carbons (Fsp3) is 0.267. The van der Waals surface area contributed by atoms with Crippen molar-refractivity contribution in [3.8, 4) is 5.69 Å². The molecule has 122 valence electrons. The van der Waals surface area contributed by atoms with Crippen LogP contribution in [-0.2, 0) is 9.53 Å². The largest absolute Gasteiger partial charge is 0.450 e. The summed E-state index contributed by atoms with van der Waals surface area (Å²) in [6.45, 7) is 2.19. The highest BCUT2D eigenvalue weighted by Crippen LogP contribution is 2.18. The quantitative estimate of drug-likeness (QED) is 0.849. The van der Waals surface area contributed by atoms with Crippen LogP contribution in [0.15, 0.2) is 36.5 Å². The smallest absolute Gasteiger partial charge is 0.407 e. The average molecular weight is 337 g/mol. The van der Waals surface area contributed by atoms with E-state index < -0.39 is 6.09 Å². The first kappa shape index (κ1) is 16.8. The molecule has 0 saturated carbocycles. The van der Waals surface area contributed by atoms with Crippen molar-refractivity contribution >= 4 is 29.4 Å². The molecule has 2 amide bonds. The van der Waals surface area contributed by atoms with E-state index in [1.54, 1.807) is 42.1 Å². The monoisotopic (exact) mass is 336 g/mol. The molecule has 0 bridgehead atoms. The van der Waals surface area contributed by atoms with Gasteiger partial charge in [-0.05, 0) is 25.1 Å². The van der Waals surface area contributed by atoms with Crippen LogP contribution in [-0.4, -0.2) is 34.9 Å². The molecule has 2 N–H and O–H groups in total. The van der Waals surface area contributed by atoms with Gasteiger partial charge >= 0.3 is 6.09 Å².